The Bertz CT molecular complexity index is 1170. The molecule has 1 aliphatic rings. The summed E-state index contributed by atoms with van der Waals surface area (Å²) in [5.41, 5.74) is 2.67. The summed E-state index contributed by atoms with van der Waals surface area (Å²) < 4.78 is 4.98. The number of methoxy groups -OCH3 is 1. The number of carbonyl (C=O) groups excluding carboxylic acids is 1. The van der Waals surface area contributed by atoms with Crippen LogP contribution in [0.15, 0.2) is 60.7 Å². The molecule has 0 saturated carbocycles. The smallest absolute Gasteiger partial charge is 0.340 e. The zero-order valence-electron chi connectivity index (χ0n) is 18.6. The lowest BCUT2D eigenvalue weighted by Gasteiger charge is -2.37. The third-order valence-electron chi connectivity index (χ3n) is 5.62. The van der Waals surface area contributed by atoms with Crippen molar-refractivity contribution < 1.29 is 14.5 Å². The molecule has 4 rings (SSSR count). The maximum atomic E-state index is 12.4. The van der Waals surface area contributed by atoms with E-state index in [-0.39, 0.29) is 5.69 Å². The topological polar surface area (TPSA) is 88.0 Å². The number of rotatable bonds is 6. The van der Waals surface area contributed by atoms with Crippen LogP contribution in [-0.2, 0) is 11.2 Å². The predicted octanol–water partition coefficient (Wildman–Crippen LogP) is 4.55. The Morgan fingerprint density at radius 1 is 1.12 bits per heavy atom. The molecule has 34 heavy (non-hydrogen) atoms. The number of hydrogen-bond donors (Lipinski definition) is 1. The summed E-state index contributed by atoms with van der Waals surface area (Å²) in [4.78, 5) is 28.1. The molecule has 1 aromatic heterocycles. The highest BCUT2D eigenvalue weighted by atomic mass is 32.1. The molecule has 2 aromatic carbocycles. The molecule has 0 spiro atoms. The fraction of sp³-hybridized carbons (Fsp3) is 0.250. The molecule has 1 N–H and O–H groups in total. The number of non-ortho nitro benzene ring substituents is 1. The number of esters is 1. The molecule has 0 aliphatic carbocycles. The second-order valence-corrected chi connectivity index (χ2v) is 9.31. The van der Waals surface area contributed by atoms with Crippen LogP contribution in [0.1, 0.15) is 20.8 Å². The van der Waals surface area contributed by atoms with E-state index in [1.807, 2.05) is 24.3 Å². The van der Waals surface area contributed by atoms with E-state index in [2.05, 4.69) is 27.2 Å². The summed E-state index contributed by atoms with van der Waals surface area (Å²) in [6.45, 7) is 2.84. The molecule has 0 unspecified atom stereocenters. The fourth-order valence-corrected chi connectivity index (χ4v) is 5.24. The Kier molecular flexibility index (Phi) is 7.39. The van der Waals surface area contributed by atoms with E-state index in [0.29, 0.717) is 28.8 Å². The first-order chi connectivity index (χ1) is 16.4. The van der Waals surface area contributed by atoms with Crippen LogP contribution in [0.3, 0.4) is 0 Å². The standard InChI is InChI=1S/C24H24N4O4S2/c1-32-23(29)21-16-20(15-17-5-3-2-4-6-17)34-22(21)25-24(33)27-13-11-26(12-14-27)18-7-9-19(10-8-18)28(30)31/h2-10,16H,11-15H2,1H3,(H,25,33). The van der Waals surface area contributed by atoms with E-state index >= 15 is 0 Å². The number of piperazine rings is 1. The van der Waals surface area contributed by atoms with E-state index in [1.165, 1.54) is 30.6 Å². The molecule has 2 heterocycles. The van der Waals surface area contributed by atoms with Crippen LogP contribution in [0.2, 0.25) is 0 Å². The van der Waals surface area contributed by atoms with Crippen LogP contribution < -0.4 is 10.2 Å². The minimum atomic E-state index is -0.399. The van der Waals surface area contributed by atoms with Gasteiger partial charge in [0.25, 0.3) is 5.69 Å². The van der Waals surface area contributed by atoms with E-state index in [9.17, 15) is 14.9 Å². The Labute approximate surface area is 206 Å². The molecule has 0 amide bonds. The number of ether oxygens (including phenoxy) is 1. The SMILES string of the molecule is COC(=O)c1cc(Cc2ccccc2)sc1NC(=S)N1CCN(c2ccc([N+](=O)[O-])cc2)CC1. The first-order valence-electron chi connectivity index (χ1n) is 10.7. The number of nitro groups is 1. The van der Waals surface area contributed by atoms with Crippen molar-refractivity contribution in [1.29, 1.82) is 0 Å². The van der Waals surface area contributed by atoms with Gasteiger partial charge in [-0.1, -0.05) is 30.3 Å². The van der Waals surface area contributed by atoms with Crippen molar-refractivity contribution in [2.75, 3.05) is 43.5 Å². The molecule has 10 heteroatoms. The summed E-state index contributed by atoms with van der Waals surface area (Å²) in [5, 5.41) is 15.4. The lowest BCUT2D eigenvalue weighted by molar-refractivity contribution is -0.384. The van der Waals surface area contributed by atoms with Gasteiger partial charge in [-0.05, 0) is 36.0 Å². The van der Waals surface area contributed by atoms with Gasteiger partial charge in [-0.2, -0.15) is 0 Å². The normalized spacial score (nSPS) is 13.4. The third-order valence-corrected chi connectivity index (χ3v) is 7.03. The third kappa shape index (κ3) is 5.52. The molecule has 1 saturated heterocycles. The van der Waals surface area contributed by atoms with Gasteiger partial charge in [-0.15, -0.1) is 11.3 Å². The highest BCUT2D eigenvalue weighted by Gasteiger charge is 2.23. The van der Waals surface area contributed by atoms with Crippen LogP contribution in [0, 0.1) is 10.1 Å². The number of thiocarbonyl (C=S) groups is 1. The zero-order valence-corrected chi connectivity index (χ0v) is 20.2. The quantitative estimate of drug-likeness (QED) is 0.230. The molecule has 3 aromatic rings. The number of anilines is 2. The molecule has 0 radical (unpaired) electrons. The fourth-order valence-electron chi connectivity index (χ4n) is 3.81. The monoisotopic (exact) mass is 496 g/mol. The summed E-state index contributed by atoms with van der Waals surface area (Å²) in [5.74, 6) is -0.399. The summed E-state index contributed by atoms with van der Waals surface area (Å²) in [7, 11) is 1.37. The Balaban J connectivity index is 1.40. The lowest BCUT2D eigenvalue weighted by atomic mass is 10.1. The summed E-state index contributed by atoms with van der Waals surface area (Å²) >= 11 is 7.15. The van der Waals surface area contributed by atoms with E-state index < -0.39 is 10.9 Å². The van der Waals surface area contributed by atoms with Gasteiger partial charge >= 0.3 is 5.97 Å². The van der Waals surface area contributed by atoms with Crippen molar-refractivity contribution >= 4 is 51.0 Å². The van der Waals surface area contributed by atoms with Crippen LogP contribution in [-0.4, -0.2) is 54.2 Å². The van der Waals surface area contributed by atoms with Gasteiger partial charge in [-0.3, -0.25) is 10.1 Å². The molecule has 1 fully saturated rings. The van der Waals surface area contributed by atoms with Crippen molar-refractivity contribution in [2.24, 2.45) is 0 Å². The highest BCUT2D eigenvalue weighted by molar-refractivity contribution is 7.80. The Morgan fingerprint density at radius 3 is 2.41 bits per heavy atom. The van der Waals surface area contributed by atoms with Gasteiger partial charge in [0.15, 0.2) is 5.11 Å². The second-order valence-electron chi connectivity index (χ2n) is 7.79. The van der Waals surface area contributed by atoms with Gasteiger partial charge in [0, 0.05) is 55.3 Å². The second kappa shape index (κ2) is 10.6. The van der Waals surface area contributed by atoms with Gasteiger partial charge in [-0.25, -0.2) is 4.79 Å². The molecule has 0 atom stereocenters. The van der Waals surface area contributed by atoms with Gasteiger partial charge < -0.3 is 19.9 Å². The molecular weight excluding hydrogens is 472 g/mol. The van der Waals surface area contributed by atoms with Gasteiger partial charge in [0.05, 0.1) is 17.6 Å². The van der Waals surface area contributed by atoms with Crippen LogP contribution >= 0.6 is 23.6 Å². The van der Waals surface area contributed by atoms with E-state index in [1.54, 1.807) is 12.1 Å². The van der Waals surface area contributed by atoms with Crippen molar-refractivity contribution in [1.82, 2.24) is 4.90 Å². The molecular formula is C24H24N4O4S2. The van der Waals surface area contributed by atoms with Crippen molar-refractivity contribution in [3.8, 4) is 0 Å². The number of carbonyl (C=O) groups is 1. The van der Waals surface area contributed by atoms with Crippen molar-refractivity contribution in [3.63, 3.8) is 0 Å². The van der Waals surface area contributed by atoms with Gasteiger partial charge in [0.1, 0.15) is 5.00 Å². The number of nitro benzene ring substituents is 1. The minimum absolute atomic E-state index is 0.0803. The molecule has 1 aliphatic heterocycles. The van der Waals surface area contributed by atoms with Gasteiger partial charge in [0.2, 0.25) is 0 Å². The van der Waals surface area contributed by atoms with Crippen LogP contribution in [0.25, 0.3) is 0 Å². The lowest BCUT2D eigenvalue weighted by Crippen LogP contribution is -2.50. The largest absolute Gasteiger partial charge is 0.465 e. The number of thiophene rings is 1. The zero-order chi connectivity index (χ0) is 24.1. The average molecular weight is 497 g/mol. The Hall–Kier alpha value is -3.50. The highest BCUT2D eigenvalue weighted by Crippen LogP contribution is 2.31. The summed E-state index contributed by atoms with van der Waals surface area (Å²) in [6.07, 6.45) is 0.720. The average Bonchev–Trinajstić information content (AvgIpc) is 3.26. The first-order valence-corrected chi connectivity index (χ1v) is 12.0. The van der Waals surface area contributed by atoms with E-state index in [4.69, 9.17) is 17.0 Å². The van der Waals surface area contributed by atoms with Crippen molar-refractivity contribution in [2.45, 2.75) is 6.42 Å². The van der Waals surface area contributed by atoms with Crippen LogP contribution in [0.4, 0.5) is 16.4 Å². The summed E-state index contributed by atoms with van der Waals surface area (Å²) in [6, 6.07) is 18.5. The maximum Gasteiger partial charge on any atom is 0.340 e. The molecule has 0 bridgehead atoms. The molecule has 176 valence electrons. The minimum Gasteiger partial charge on any atom is -0.465 e. The Morgan fingerprint density at radius 2 is 1.79 bits per heavy atom. The number of benzene rings is 2. The predicted molar refractivity (Wildman–Crippen MR) is 138 cm³/mol. The first kappa shape index (κ1) is 23.7. The molecule has 8 nitrogen and oxygen atoms in total. The maximum absolute atomic E-state index is 12.4. The number of hydrogen-bond acceptors (Lipinski definition) is 7. The number of nitrogens with zero attached hydrogens (tertiary/aromatic N) is 3. The number of nitrogens with one attached hydrogen (secondary N) is 1. The van der Waals surface area contributed by atoms with Crippen molar-refractivity contribution in [3.05, 3.63) is 86.8 Å². The van der Waals surface area contributed by atoms with Crippen LogP contribution in [0.5, 0.6) is 0 Å². The van der Waals surface area contributed by atoms with E-state index in [0.717, 1.165) is 35.6 Å².